The monoisotopic (exact) mass is 772 g/mol. The Morgan fingerprint density at radius 3 is 2.18 bits per heavy atom. The summed E-state index contributed by atoms with van der Waals surface area (Å²) in [6, 6.07) is 33.9. The zero-order valence-corrected chi connectivity index (χ0v) is 28.7. The fourth-order valence-corrected chi connectivity index (χ4v) is 6.52. The van der Waals surface area contributed by atoms with E-state index in [2.05, 4.69) is 89.3 Å². The molecule has 0 spiro atoms. The molecular weight excluding hydrogens is 733 g/mol. The molecule has 0 aliphatic rings. The first-order valence-corrected chi connectivity index (χ1v) is 15.9. The van der Waals surface area contributed by atoms with Gasteiger partial charge in [0, 0.05) is 71.5 Å². The second-order valence-electron chi connectivity index (χ2n) is 11.6. The number of hydrogen-bond donors (Lipinski definition) is 1. The van der Waals surface area contributed by atoms with Crippen LogP contribution in [0.5, 0.6) is 0 Å². The largest absolute Gasteiger partial charge is 0.512 e. The average molecular weight is 772 g/mol. The molecule has 1 N–H and O–H groups in total. The molecule has 1 radical (unpaired) electrons. The van der Waals surface area contributed by atoms with E-state index in [4.69, 9.17) is 4.98 Å². The van der Waals surface area contributed by atoms with Crippen LogP contribution in [0.3, 0.4) is 0 Å². The SMILES string of the molecule is CCC(CC)C(=O)/C=C(\O)C(CC)CC.[Ir].[c-]1c2ccccc2cc2c1c1ncccc1n1c2cc2ccc3ccccc3c21. The minimum absolute atomic E-state index is 0. The Morgan fingerprint density at radius 1 is 0.778 bits per heavy atom. The van der Waals surface area contributed by atoms with E-state index in [0.717, 1.165) is 47.5 Å². The van der Waals surface area contributed by atoms with Crippen molar-refractivity contribution in [3.8, 4) is 0 Å². The van der Waals surface area contributed by atoms with Gasteiger partial charge in [0.05, 0.1) is 11.3 Å². The van der Waals surface area contributed by atoms with Crippen molar-refractivity contribution in [3.63, 3.8) is 0 Å². The quantitative estimate of drug-likeness (QED) is 0.0577. The molecule has 7 aromatic rings. The van der Waals surface area contributed by atoms with Gasteiger partial charge in [-0.1, -0.05) is 98.5 Å². The Balaban J connectivity index is 0.000000217. The summed E-state index contributed by atoms with van der Waals surface area (Å²) in [6.07, 6.45) is 6.78. The third-order valence-electron chi connectivity index (χ3n) is 9.10. The molecule has 0 atom stereocenters. The van der Waals surface area contributed by atoms with Crippen LogP contribution in [0.1, 0.15) is 53.4 Å². The number of aliphatic hydroxyl groups excluding tert-OH is 1. The van der Waals surface area contributed by atoms with E-state index in [1.807, 2.05) is 40.0 Å². The van der Waals surface area contributed by atoms with Crippen LogP contribution in [-0.2, 0) is 24.9 Å². The van der Waals surface area contributed by atoms with Crippen molar-refractivity contribution in [1.29, 1.82) is 0 Å². The van der Waals surface area contributed by atoms with Crippen molar-refractivity contribution in [2.75, 3.05) is 0 Å². The Morgan fingerprint density at radius 2 is 1.44 bits per heavy atom. The maximum atomic E-state index is 11.7. The van der Waals surface area contributed by atoms with Gasteiger partial charge in [0.1, 0.15) is 0 Å². The predicted molar refractivity (Wildman–Crippen MR) is 185 cm³/mol. The van der Waals surface area contributed by atoms with Crippen molar-refractivity contribution in [3.05, 3.63) is 109 Å². The standard InChI is InChI=1S/C27H15N2.C13H24O2.Ir/c1-2-8-19-15-23-22(14-18(19)7-1)25-16-20-12-11-17-6-3-4-9-21(17)27(20)29(25)24-10-5-13-28-26(23)24;1-5-10(6-2)12(14)9-13(15)11(7-3)8-4;/h1-14,16H;9-11,14H,5-8H2,1-4H3;/q-1;;/b;12-9-;. The molecule has 0 aliphatic heterocycles. The molecule has 5 heteroatoms. The number of aromatic nitrogens is 2. The van der Waals surface area contributed by atoms with Gasteiger partial charge in [0.15, 0.2) is 5.78 Å². The summed E-state index contributed by atoms with van der Waals surface area (Å²) in [5.74, 6) is 0.547. The van der Waals surface area contributed by atoms with Gasteiger partial charge in [-0.3, -0.25) is 9.78 Å². The van der Waals surface area contributed by atoms with Crippen LogP contribution in [0.2, 0.25) is 0 Å². The summed E-state index contributed by atoms with van der Waals surface area (Å²) < 4.78 is 2.38. The number of nitrogens with zero attached hydrogens (tertiary/aromatic N) is 2. The first-order valence-electron chi connectivity index (χ1n) is 15.9. The number of hydrogen-bond acceptors (Lipinski definition) is 3. The van der Waals surface area contributed by atoms with E-state index in [0.29, 0.717) is 0 Å². The Labute approximate surface area is 278 Å². The Hall–Kier alpha value is -4.05. The molecule has 3 aromatic heterocycles. The zero-order valence-electron chi connectivity index (χ0n) is 26.3. The molecule has 0 aliphatic carbocycles. The third kappa shape index (κ3) is 6.00. The molecule has 0 saturated heterocycles. The number of benzene rings is 4. The second-order valence-corrected chi connectivity index (χ2v) is 11.6. The minimum atomic E-state index is 0. The van der Waals surface area contributed by atoms with Crippen LogP contribution in [0, 0.1) is 17.9 Å². The number of aliphatic hydroxyl groups is 1. The van der Waals surface area contributed by atoms with E-state index in [-0.39, 0.29) is 43.5 Å². The first kappa shape index (κ1) is 32.3. The van der Waals surface area contributed by atoms with Crippen molar-refractivity contribution in [2.24, 2.45) is 11.8 Å². The Bertz CT molecular complexity index is 2170. The molecule has 4 nitrogen and oxygen atoms in total. The van der Waals surface area contributed by atoms with E-state index >= 15 is 0 Å². The third-order valence-corrected chi connectivity index (χ3v) is 9.10. The van der Waals surface area contributed by atoms with Crippen LogP contribution in [0.15, 0.2) is 103 Å². The van der Waals surface area contributed by atoms with E-state index < -0.39 is 0 Å². The second kappa shape index (κ2) is 13.9. The molecule has 0 bridgehead atoms. The Kier molecular flexibility index (Phi) is 10.0. The van der Waals surface area contributed by atoms with Crippen LogP contribution >= 0.6 is 0 Å². The van der Waals surface area contributed by atoms with Gasteiger partial charge < -0.3 is 9.51 Å². The number of pyridine rings is 2. The van der Waals surface area contributed by atoms with E-state index in [1.54, 1.807) is 0 Å². The molecule has 0 amide bonds. The molecule has 231 valence electrons. The fourth-order valence-electron chi connectivity index (χ4n) is 6.52. The minimum Gasteiger partial charge on any atom is -0.512 e. The van der Waals surface area contributed by atoms with Gasteiger partial charge in [-0.05, 0) is 49.3 Å². The van der Waals surface area contributed by atoms with Crippen LogP contribution in [0.4, 0.5) is 0 Å². The first-order chi connectivity index (χ1) is 21.5. The number of fused-ring (bicyclic) bond motifs is 11. The number of carbonyl (C=O) groups excluding carboxylic acids is 1. The molecule has 0 saturated carbocycles. The molecular formula is C40H39IrN2O2-. The van der Waals surface area contributed by atoms with Gasteiger partial charge in [0.25, 0.3) is 0 Å². The maximum Gasteiger partial charge on any atom is 0.162 e. The molecule has 3 heterocycles. The predicted octanol–water partition coefficient (Wildman–Crippen LogP) is 10.8. The van der Waals surface area contributed by atoms with Crippen molar-refractivity contribution in [2.45, 2.75) is 53.4 Å². The number of ketones is 1. The van der Waals surface area contributed by atoms with Gasteiger partial charge in [-0.25, -0.2) is 0 Å². The number of allylic oxidation sites excluding steroid dienone is 2. The summed E-state index contributed by atoms with van der Waals surface area (Å²) in [4.78, 5) is 16.5. The molecule has 0 fully saturated rings. The zero-order chi connectivity index (χ0) is 30.8. The normalized spacial score (nSPS) is 12.0. The summed E-state index contributed by atoms with van der Waals surface area (Å²) in [5, 5.41) is 18.1. The molecule has 0 unspecified atom stereocenters. The van der Waals surface area contributed by atoms with Gasteiger partial charge in [-0.15, -0.1) is 23.6 Å². The van der Waals surface area contributed by atoms with Crippen LogP contribution in [-0.4, -0.2) is 20.3 Å². The molecule has 7 rings (SSSR count). The number of rotatable bonds is 7. The summed E-state index contributed by atoms with van der Waals surface area (Å²) in [7, 11) is 0. The summed E-state index contributed by atoms with van der Waals surface area (Å²) in [6.45, 7) is 8.07. The van der Waals surface area contributed by atoms with Crippen molar-refractivity contribution in [1.82, 2.24) is 9.38 Å². The van der Waals surface area contributed by atoms with Gasteiger partial charge in [-0.2, -0.15) is 0 Å². The molecule has 45 heavy (non-hydrogen) atoms. The molecule has 4 aromatic carbocycles. The topological polar surface area (TPSA) is 54.6 Å². The summed E-state index contributed by atoms with van der Waals surface area (Å²) in [5.41, 5.74) is 4.55. The van der Waals surface area contributed by atoms with Gasteiger partial charge in [0.2, 0.25) is 0 Å². The van der Waals surface area contributed by atoms with Crippen LogP contribution < -0.4 is 0 Å². The van der Waals surface area contributed by atoms with Crippen molar-refractivity contribution >= 4 is 65.6 Å². The maximum absolute atomic E-state index is 11.7. The average Bonchev–Trinajstić information content (AvgIpc) is 3.46. The summed E-state index contributed by atoms with van der Waals surface area (Å²) >= 11 is 0. The smallest absolute Gasteiger partial charge is 0.162 e. The van der Waals surface area contributed by atoms with E-state index in [1.165, 1.54) is 44.0 Å². The van der Waals surface area contributed by atoms with Crippen LogP contribution in [0.25, 0.3) is 59.8 Å². The van der Waals surface area contributed by atoms with E-state index in [9.17, 15) is 9.90 Å². The van der Waals surface area contributed by atoms with Gasteiger partial charge >= 0.3 is 0 Å². The number of carbonyl (C=O) groups is 1. The fraction of sp³-hybridized carbons (Fsp3) is 0.250. The van der Waals surface area contributed by atoms with Crippen molar-refractivity contribution < 1.29 is 30.0 Å².